The third-order valence-corrected chi connectivity index (χ3v) is 4.87. The van der Waals surface area contributed by atoms with Crippen LogP contribution < -0.4 is 0 Å². The van der Waals surface area contributed by atoms with Crippen molar-refractivity contribution in [2.45, 2.75) is 33.6 Å². The summed E-state index contributed by atoms with van der Waals surface area (Å²) >= 11 is 0. The van der Waals surface area contributed by atoms with E-state index in [1.54, 1.807) is 0 Å². The van der Waals surface area contributed by atoms with Crippen LogP contribution >= 0.6 is 0 Å². The molecule has 0 atom stereocenters. The summed E-state index contributed by atoms with van der Waals surface area (Å²) in [7, 11) is 0. The second-order valence-electron chi connectivity index (χ2n) is 7.31. The molecule has 0 nitrogen and oxygen atoms in total. The fourth-order valence-corrected chi connectivity index (χ4v) is 3.33. The van der Waals surface area contributed by atoms with Crippen molar-refractivity contribution in [3.8, 4) is 11.1 Å². The summed E-state index contributed by atoms with van der Waals surface area (Å²) in [5.74, 6) is 0.533. The molecular formula is C27H27+. The molecule has 0 bridgehead atoms. The summed E-state index contributed by atoms with van der Waals surface area (Å²) in [5, 5.41) is 0. The van der Waals surface area contributed by atoms with Gasteiger partial charge in [-0.05, 0) is 77.5 Å². The lowest BCUT2D eigenvalue weighted by Crippen LogP contribution is -1.84. The zero-order valence-corrected chi connectivity index (χ0v) is 16.7. The van der Waals surface area contributed by atoms with Crippen molar-refractivity contribution in [1.82, 2.24) is 0 Å². The molecule has 0 aliphatic heterocycles. The SMILES string of the molecule is Cc1cc(/C=C/C=C/[CH+]/C=C/C2=C=CC=C2)c2c(C)ccc(C(C)C)cc1-2. The summed E-state index contributed by atoms with van der Waals surface area (Å²) in [6, 6.07) is 9.16. The highest BCUT2D eigenvalue weighted by atomic mass is 14.2. The Bertz CT molecular complexity index is 967. The highest BCUT2D eigenvalue weighted by Gasteiger charge is 2.14. The minimum absolute atomic E-state index is 0.533. The fourth-order valence-electron chi connectivity index (χ4n) is 3.33. The molecule has 0 unspecified atom stereocenters. The van der Waals surface area contributed by atoms with Crippen molar-refractivity contribution in [3.05, 3.63) is 113 Å². The number of hydrogen-bond acceptors (Lipinski definition) is 0. The van der Waals surface area contributed by atoms with Crippen LogP contribution in [0.5, 0.6) is 0 Å². The van der Waals surface area contributed by atoms with E-state index in [0.29, 0.717) is 5.92 Å². The first-order valence-electron chi connectivity index (χ1n) is 9.58. The van der Waals surface area contributed by atoms with Crippen LogP contribution in [0.25, 0.3) is 17.2 Å². The summed E-state index contributed by atoms with van der Waals surface area (Å²) in [4.78, 5) is 0. The maximum Gasteiger partial charge on any atom is 0.0713 e. The van der Waals surface area contributed by atoms with Crippen LogP contribution in [0.3, 0.4) is 0 Å². The van der Waals surface area contributed by atoms with Crippen molar-refractivity contribution < 1.29 is 0 Å². The number of rotatable bonds is 6. The van der Waals surface area contributed by atoms with Gasteiger partial charge >= 0.3 is 0 Å². The first-order valence-corrected chi connectivity index (χ1v) is 9.58. The van der Waals surface area contributed by atoms with Crippen molar-refractivity contribution in [3.63, 3.8) is 0 Å². The average Bonchev–Trinajstić information content (AvgIpc) is 3.20. The summed E-state index contributed by atoms with van der Waals surface area (Å²) < 4.78 is 0. The van der Waals surface area contributed by atoms with Gasteiger partial charge in [0, 0.05) is 30.7 Å². The number of allylic oxidation sites excluding steroid dienone is 8. The van der Waals surface area contributed by atoms with Gasteiger partial charge < -0.3 is 0 Å². The maximum atomic E-state index is 3.15. The minimum atomic E-state index is 0.533. The molecule has 0 heterocycles. The van der Waals surface area contributed by atoms with Crippen LogP contribution in [0.2, 0.25) is 0 Å². The summed E-state index contributed by atoms with van der Waals surface area (Å²) in [6.07, 6.45) is 20.5. The molecule has 134 valence electrons. The monoisotopic (exact) mass is 351 g/mol. The Morgan fingerprint density at radius 3 is 2.56 bits per heavy atom. The second-order valence-corrected chi connectivity index (χ2v) is 7.31. The molecule has 0 aromatic carbocycles. The van der Waals surface area contributed by atoms with Crippen LogP contribution in [0, 0.1) is 20.3 Å². The smallest absolute Gasteiger partial charge is 0.0713 e. The van der Waals surface area contributed by atoms with Gasteiger partial charge in [0.2, 0.25) is 0 Å². The van der Waals surface area contributed by atoms with Crippen LogP contribution in [0.1, 0.15) is 42.0 Å². The fraction of sp³-hybridized carbons (Fsp3) is 0.185. The Kier molecular flexibility index (Phi) is 6.01. The molecule has 0 aromatic heterocycles. The molecule has 3 aliphatic carbocycles. The molecule has 0 aromatic rings. The summed E-state index contributed by atoms with van der Waals surface area (Å²) in [5.41, 5.74) is 12.3. The van der Waals surface area contributed by atoms with Gasteiger partial charge in [-0.2, -0.15) is 0 Å². The first kappa shape index (κ1) is 18.8. The molecule has 3 aliphatic rings. The quantitative estimate of drug-likeness (QED) is 0.287. The molecular weight excluding hydrogens is 324 g/mol. The van der Waals surface area contributed by atoms with Crippen molar-refractivity contribution in [2.75, 3.05) is 0 Å². The van der Waals surface area contributed by atoms with Gasteiger partial charge in [-0.25, -0.2) is 0 Å². The molecule has 27 heavy (non-hydrogen) atoms. The predicted molar refractivity (Wildman–Crippen MR) is 119 cm³/mol. The lowest BCUT2D eigenvalue weighted by molar-refractivity contribution is 0.868. The Hall–Kier alpha value is -2.95. The molecule has 0 heteroatoms. The number of hydrogen-bond donors (Lipinski definition) is 0. The van der Waals surface area contributed by atoms with Gasteiger partial charge in [-0.15, -0.1) is 0 Å². The van der Waals surface area contributed by atoms with Gasteiger partial charge in [-0.1, -0.05) is 49.9 Å². The van der Waals surface area contributed by atoms with Crippen molar-refractivity contribution >= 4 is 6.08 Å². The van der Waals surface area contributed by atoms with Crippen LogP contribution in [-0.4, -0.2) is 0 Å². The van der Waals surface area contributed by atoms with Gasteiger partial charge in [0.25, 0.3) is 0 Å². The third-order valence-electron chi connectivity index (χ3n) is 4.87. The standard InChI is InChI=1S/C27H27/c1-20(2)24-17-16-21(3)27-25(18-22(4)26(27)19-24)15-9-7-5-6-8-12-23-13-10-11-14-23/h5-13,15-20H,1-4H3/q+1/b7-5+,12-8+,15-9+. The van der Waals surface area contributed by atoms with E-state index in [1.807, 2.05) is 30.7 Å². The largest absolute Gasteiger partial charge is 0.0984 e. The zero-order chi connectivity index (χ0) is 19.2. The first-order chi connectivity index (χ1) is 13.1. The van der Waals surface area contributed by atoms with E-state index in [-0.39, 0.29) is 0 Å². The predicted octanol–water partition coefficient (Wildman–Crippen LogP) is 7.51. The maximum absolute atomic E-state index is 3.15. The molecule has 0 N–H and O–H groups in total. The molecule has 3 rings (SSSR count). The van der Waals surface area contributed by atoms with Crippen LogP contribution in [0.4, 0.5) is 0 Å². The zero-order valence-electron chi connectivity index (χ0n) is 16.7. The van der Waals surface area contributed by atoms with Crippen LogP contribution in [0.15, 0.2) is 84.2 Å². The highest BCUT2D eigenvalue weighted by molar-refractivity contribution is 5.84. The number of aryl methyl sites for hydroxylation is 2. The molecule has 0 amide bonds. The summed E-state index contributed by atoms with van der Waals surface area (Å²) in [6.45, 7) is 8.92. The number of fused-ring (bicyclic) bond motifs is 1. The molecule has 0 fully saturated rings. The van der Waals surface area contributed by atoms with Gasteiger partial charge in [-0.3, -0.25) is 0 Å². The minimum Gasteiger partial charge on any atom is -0.0984 e. The lowest BCUT2D eigenvalue weighted by Gasteiger charge is -2.04. The second kappa shape index (κ2) is 8.62. The Morgan fingerprint density at radius 1 is 0.963 bits per heavy atom. The molecule has 0 saturated heterocycles. The third kappa shape index (κ3) is 4.61. The van der Waals surface area contributed by atoms with E-state index >= 15 is 0 Å². The van der Waals surface area contributed by atoms with E-state index in [1.165, 1.54) is 33.4 Å². The molecule has 0 spiro atoms. The van der Waals surface area contributed by atoms with E-state index < -0.39 is 0 Å². The van der Waals surface area contributed by atoms with E-state index in [9.17, 15) is 0 Å². The van der Waals surface area contributed by atoms with E-state index in [2.05, 4.69) is 88.1 Å². The average molecular weight is 352 g/mol. The van der Waals surface area contributed by atoms with Crippen molar-refractivity contribution in [2.24, 2.45) is 0 Å². The van der Waals surface area contributed by atoms with Gasteiger partial charge in [0.05, 0.1) is 5.57 Å². The Balaban J connectivity index is 1.74. The molecule has 0 saturated carbocycles. The van der Waals surface area contributed by atoms with E-state index in [4.69, 9.17) is 0 Å². The normalized spacial score (nSPS) is 13.9. The topological polar surface area (TPSA) is 0 Å². The van der Waals surface area contributed by atoms with Gasteiger partial charge in [0.1, 0.15) is 0 Å². The van der Waals surface area contributed by atoms with E-state index in [0.717, 1.165) is 5.57 Å². The highest BCUT2D eigenvalue weighted by Crippen LogP contribution is 2.36. The molecule has 0 radical (unpaired) electrons. The van der Waals surface area contributed by atoms with Crippen molar-refractivity contribution in [1.29, 1.82) is 0 Å². The van der Waals surface area contributed by atoms with Crippen LogP contribution in [-0.2, 0) is 0 Å². The van der Waals surface area contributed by atoms with Gasteiger partial charge in [0.15, 0.2) is 0 Å². The Labute approximate surface area is 164 Å². The lowest BCUT2D eigenvalue weighted by atomic mass is 10.0. The Morgan fingerprint density at radius 2 is 1.81 bits per heavy atom.